The second-order valence-electron chi connectivity index (χ2n) is 10.1. The molecule has 0 aromatic rings. The van der Waals surface area contributed by atoms with Crippen molar-refractivity contribution in [3.8, 4) is 0 Å². The Hall–Kier alpha value is -1.30. The largest absolute Gasteiger partial charge is 0.450 e. The average Bonchev–Trinajstić information content (AvgIpc) is 2.96. The first-order valence-corrected chi connectivity index (χ1v) is 10.9. The molecule has 2 atom stereocenters. The molecule has 5 rings (SSSR count). The molecule has 2 amide bonds. The summed E-state index contributed by atoms with van der Waals surface area (Å²) in [5.74, 6) is 1.77. The molecular formula is C21H33N3O3. The number of hydrogen-bond acceptors (Lipinski definition) is 4. The number of amides is 2. The van der Waals surface area contributed by atoms with Crippen molar-refractivity contribution >= 4 is 12.0 Å². The van der Waals surface area contributed by atoms with Crippen LogP contribution in [0.5, 0.6) is 0 Å². The van der Waals surface area contributed by atoms with E-state index < -0.39 is 0 Å². The van der Waals surface area contributed by atoms with Crippen LogP contribution in [-0.4, -0.2) is 66.2 Å². The molecule has 2 saturated heterocycles. The van der Waals surface area contributed by atoms with Crippen LogP contribution in [0.15, 0.2) is 0 Å². The summed E-state index contributed by atoms with van der Waals surface area (Å²) in [6, 6.07) is 0.660. The molecule has 0 bridgehead atoms. The van der Waals surface area contributed by atoms with E-state index in [0.29, 0.717) is 35.8 Å². The zero-order valence-corrected chi connectivity index (χ0v) is 16.7. The highest BCUT2D eigenvalue weighted by molar-refractivity contribution is 5.83. The first-order chi connectivity index (χ1) is 12.9. The van der Waals surface area contributed by atoms with Crippen molar-refractivity contribution in [3.63, 3.8) is 0 Å². The Balaban J connectivity index is 1.07. The van der Waals surface area contributed by atoms with Crippen molar-refractivity contribution in [2.45, 2.75) is 64.0 Å². The van der Waals surface area contributed by atoms with E-state index in [1.165, 1.54) is 19.3 Å². The van der Waals surface area contributed by atoms with Crippen molar-refractivity contribution in [1.82, 2.24) is 15.1 Å². The lowest BCUT2D eigenvalue weighted by Gasteiger charge is -2.49. The van der Waals surface area contributed by atoms with Crippen LogP contribution < -0.4 is 5.32 Å². The van der Waals surface area contributed by atoms with Gasteiger partial charge in [0.05, 0.1) is 6.61 Å². The van der Waals surface area contributed by atoms with E-state index in [2.05, 4.69) is 17.1 Å². The smallest absolute Gasteiger partial charge is 0.409 e. The third-order valence-electron chi connectivity index (χ3n) is 8.23. The van der Waals surface area contributed by atoms with Crippen LogP contribution in [0.4, 0.5) is 4.79 Å². The van der Waals surface area contributed by atoms with Crippen molar-refractivity contribution in [3.05, 3.63) is 0 Å². The summed E-state index contributed by atoms with van der Waals surface area (Å²) in [5, 5.41) is 3.31. The molecule has 27 heavy (non-hydrogen) atoms. The summed E-state index contributed by atoms with van der Waals surface area (Å²) < 4.78 is 5.15. The van der Waals surface area contributed by atoms with E-state index in [1.807, 2.05) is 11.8 Å². The Labute approximate surface area is 162 Å². The highest BCUT2D eigenvalue weighted by Gasteiger charge is 2.62. The molecule has 0 aromatic heterocycles. The summed E-state index contributed by atoms with van der Waals surface area (Å²) in [6.45, 7) is 8.42. The van der Waals surface area contributed by atoms with Crippen molar-refractivity contribution in [2.24, 2.45) is 23.2 Å². The zero-order chi connectivity index (χ0) is 18.8. The van der Waals surface area contributed by atoms with Crippen LogP contribution >= 0.6 is 0 Å². The quantitative estimate of drug-likeness (QED) is 0.819. The van der Waals surface area contributed by atoms with Gasteiger partial charge in [-0.05, 0) is 69.6 Å². The van der Waals surface area contributed by atoms with Crippen LogP contribution in [0.1, 0.15) is 52.4 Å². The monoisotopic (exact) mass is 375 g/mol. The lowest BCUT2D eigenvalue weighted by molar-refractivity contribution is -0.126. The van der Waals surface area contributed by atoms with Crippen LogP contribution in [0.25, 0.3) is 0 Å². The Morgan fingerprint density at radius 3 is 2.44 bits per heavy atom. The maximum atomic E-state index is 12.6. The van der Waals surface area contributed by atoms with E-state index in [9.17, 15) is 9.59 Å². The molecule has 1 spiro atoms. The van der Waals surface area contributed by atoms with Gasteiger partial charge in [0.25, 0.3) is 0 Å². The Kier molecular flexibility index (Phi) is 4.01. The number of fused-ring (bicyclic) bond motifs is 1. The van der Waals surface area contributed by atoms with Crippen LogP contribution in [0, 0.1) is 23.2 Å². The summed E-state index contributed by atoms with van der Waals surface area (Å²) in [5.41, 5.74) is 0.418. The van der Waals surface area contributed by atoms with Crippen molar-refractivity contribution < 1.29 is 14.3 Å². The number of piperidine rings is 1. The summed E-state index contributed by atoms with van der Waals surface area (Å²) in [6.07, 6.45) is 6.91. The Bertz CT molecular complexity index is 629. The molecule has 2 heterocycles. The number of nitrogens with zero attached hydrogens (tertiary/aromatic N) is 2. The molecule has 2 unspecified atom stereocenters. The molecule has 5 fully saturated rings. The van der Waals surface area contributed by atoms with Gasteiger partial charge in [-0.1, -0.05) is 0 Å². The fraction of sp³-hybridized carbons (Fsp3) is 0.905. The van der Waals surface area contributed by atoms with Gasteiger partial charge in [0.2, 0.25) is 5.91 Å². The van der Waals surface area contributed by atoms with E-state index in [1.54, 1.807) is 0 Å². The van der Waals surface area contributed by atoms with Gasteiger partial charge in [0.1, 0.15) is 0 Å². The number of nitrogens with one attached hydrogen (secondary N) is 1. The van der Waals surface area contributed by atoms with E-state index in [0.717, 1.165) is 45.4 Å². The van der Waals surface area contributed by atoms with Gasteiger partial charge in [0, 0.05) is 43.7 Å². The Morgan fingerprint density at radius 2 is 1.85 bits per heavy atom. The molecule has 3 aliphatic carbocycles. The van der Waals surface area contributed by atoms with E-state index >= 15 is 0 Å². The molecule has 1 N–H and O–H groups in total. The molecule has 0 radical (unpaired) electrons. The number of carbonyl (C=O) groups excluding carboxylic acids is 2. The van der Waals surface area contributed by atoms with Gasteiger partial charge >= 0.3 is 6.09 Å². The average molecular weight is 376 g/mol. The van der Waals surface area contributed by atoms with Crippen molar-refractivity contribution in [2.75, 3.05) is 32.8 Å². The fourth-order valence-corrected chi connectivity index (χ4v) is 6.30. The number of carbonyl (C=O) groups is 2. The van der Waals surface area contributed by atoms with E-state index in [4.69, 9.17) is 4.74 Å². The van der Waals surface area contributed by atoms with Crippen LogP contribution in [-0.2, 0) is 9.53 Å². The molecule has 0 aromatic carbocycles. The van der Waals surface area contributed by atoms with Gasteiger partial charge in [-0.15, -0.1) is 0 Å². The standard InChI is InChI=1S/C21H33N3O3/c1-3-27-19(26)23-8-7-21(13-23)9-14(10-21)24-11-15-16(12-24)17(15)18(25)22-20(2)5-4-6-20/h14-17H,3-13H2,1-2H3,(H,22,25). The normalized spacial score (nSPS) is 41.6. The second-order valence-corrected chi connectivity index (χ2v) is 10.1. The molecule has 5 aliphatic rings. The first kappa shape index (κ1) is 17.8. The van der Waals surface area contributed by atoms with Crippen molar-refractivity contribution in [1.29, 1.82) is 0 Å². The zero-order valence-electron chi connectivity index (χ0n) is 16.7. The topological polar surface area (TPSA) is 61.9 Å². The Morgan fingerprint density at radius 1 is 1.15 bits per heavy atom. The van der Waals surface area contributed by atoms with Gasteiger partial charge < -0.3 is 15.0 Å². The van der Waals surface area contributed by atoms with Gasteiger partial charge in [-0.3, -0.25) is 9.69 Å². The van der Waals surface area contributed by atoms with Gasteiger partial charge in [-0.2, -0.15) is 0 Å². The highest BCUT2D eigenvalue weighted by Crippen LogP contribution is 2.57. The van der Waals surface area contributed by atoms with E-state index in [-0.39, 0.29) is 17.6 Å². The third kappa shape index (κ3) is 2.95. The fourth-order valence-electron chi connectivity index (χ4n) is 6.30. The van der Waals surface area contributed by atoms with Crippen LogP contribution in [0.2, 0.25) is 0 Å². The minimum atomic E-state index is -0.144. The molecule has 3 saturated carbocycles. The molecular weight excluding hydrogens is 342 g/mol. The number of ether oxygens (including phenoxy) is 1. The summed E-state index contributed by atoms with van der Waals surface area (Å²) in [4.78, 5) is 29.0. The minimum Gasteiger partial charge on any atom is -0.450 e. The second kappa shape index (κ2) is 6.10. The molecule has 150 valence electrons. The summed E-state index contributed by atoms with van der Waals surface area (Å²) >= 11 is 0. The van der Waals surface area contributed by atoms with Crippen LogP contribution in [0.3, 0.4) is 0 Å². The lowest BCUT2D eigenvalue weighted by atomic mass is 9.64. The predicted octanol–water partition coefficient (Wildman–Crippen LogP) is 2.23. The number of likely N-dealkylation sites (tertiary alicyclic amines) is 2. The number of hydrogen-bond donors (Lipinski definition) is 1. The molecule has 2 aliphatic heterocycles. The van der Waals surface area contributed by atoms with Gasteiger partial charge in [-0.25, -0.2) is 4.79 Å². The highest BCUT2D eigenvalue weighted by atomic mass is 16.6. The lowest BCUT2D eigenvalue weighted by Crippen LogP contribution is -2.54. The summed E-state index contributed by atoms with van der Waals surface area (Å²) in [7, 11) is 0. The maximum Gasteiger partial charge on any atom is 0.409 e. The molecule has 6 nitrogen and oxygen atoms in total. The first-order valence-electron chi connectivity index (χ1n) is 10.9. The molecule has 6 heteroatoms. The number of rotatable bonds is 4. The SMILES string of the molecule is CCOC(=O)N1CCC2(CC(N3CC4C(C3)C4C(=O)NC3(C)CCC3)C2)C1. The predicted molar refractivity (Wildman–Crippen MR) is 101 cm³/mol. The third-order valence-corrected chi connectivity index (χ3v) is 8.23. The van der Waals surface area contributed by atoms with Gasteiger partial charge in [0.15, 0.2) is 0 Å². The minimum absolute atomic E-state index is 0.0846. The maximum absolute atomic E-state index is 12.6.